The summed E-state index contributed by atoms with van der Waals surface area (Å²) in [6, 6.07) is 15.5. The quantitative estimate of drug-likeness (QED) is 0.487. The molecule has 2 aromatic heterocycles. The normalized spacial score (nSPS) is 15.9. The van der Waals surface area contributed by atoms with Crippen molar-refractivity contribution < 1.29 is 9.18 Å². The Labute approximate surface area is 187 Å². The van der Waals surface area contributed by atoms with Gasteiger partial charge in [0.1, 0.15) is 17.7 Å². The average molecular weight is 450 g/mol. The molecule has 0 spiro atoms. The molecule has 32 heavy (non-hydrogen) atoms. The number of nitrogens with zero attached hydrogens (tertiary/aromatic N) is 3. The number of hydrogen-bond donors (Lipinski definition) is 2. The smallest absolute Gasteiger partial charge is 0.278 e. The zero-order chi connectivity index (χ0) is 22.1. The van der Waals surface area contributed by atoms with Crippen molar-refractivity contribution in [1.29, 1.82) is 0 Å². The van der Waals surface area contributed by atoms with Gasteiger partial charge in [-0.3, -0.25) is 9.59 Å². The summed E-state index contributed by atoms with van der Waals surface area (Å²) in [6.45, 7) is 1.12. The number of anilines is 1. The summed E-state index contributed by atoms with van der Waals surface area (Å²) in [4.78, 5) is 39.3. The summed E-state index contributed by atoms with van der Waals surface area (Å²) >= 11 is 1.24. The van der Waals surface area contributed by atoms with Gasteiger partial charge in [0.2, 0.25) is 5.91 Å². The molecule has 9 heteroatoms. The van der Waals surface area contributed by atoms with Gasteiger partial charge >= 0.3 is 0 Å². The number of nitrogens with one attached hydrogen (secondary N) is 2. The monoisotopic (exact) mass is 449 g/mol. The maximum atomic E-state index is 14.2. The van der Waals surface area contributed by atoms with Gasteiger partial charge in [0.15, 0.2) is 15.5 Å². The molecular formula is C23H20FN5O2S. The van der Waals surface area contributed by atoms with Gasteiger partial charge in [-0.05, 0) is 30.5 Å². The van der Waals surface area contributed by atoms with Crippen LogP contribution in [0.25, 0.3) is 21.7 Å². The molecule has 0 aliphatic carbocycles. The first-order chi connectivity index (χ1) is 15.6. The number of halogens is 1. The van der Waals surface area contributed by atoms with E-state index in [0.29, 0.717) is 29.5 Å². The van der Waals surface area contributed by atoms with E-state index in [0.717, 1.165) is 12.0 Å². The van der Waals surface area contributed by atoms with Crippen LogP contribution >= 0.6 is 11.3 Å². The van der Waals surface area contributed by atoms with Gasteiger partial charge in [0, 0.05) is 13.1 Å². The highest BCUT2D eigenvalue weighted by Gasteiger charge is 2.33. The van der Waals surface area contributed by atoms with Crippen molar-refractivity contribution in [2.24, 2.45) is 0 Å². The van der Waals surface area contributed by atoms with Crippen molar-refractivity contribution in [3.05, 3.63) is 76.3 Å². The summed E-state index contributed by atoms with van der Waals surface area (Å²) in [5.74, 6) is -0.372. The molecule has 1 atom stereocenters. The molecule has 7 nitrogen and oxygen atoms in total. The number of hydrogen-bond acceptors (Lipinski definition) is 6. The molecule has 1 aliphatic heterocycles. The molecule has 0 saturated carbocycles. The van der Waals surface area contributed by atoms with Gasteiger partial charge in [-0.15, -0.1) is 0 Å². The molecular weight excluding hydrogens is 429 g/mol. The van der Waals surface area contributed by atoms with Crippen LogP contribution in [0.5, 0.6) is 0 Å². The maximum absolute atomic E-state index is 14.2. The minimum absolute atomic E-state index is 0.0699. The fraction of sp³-hybridized carbons (Fsp3) is 0.217. The number of aromatic nitrogens is 3. The Bertz CT molecular complexity index is 1340. The van der Waals surface area contributed by atoms with Gasteiger partial charge in [0.05, 0.1) is 5.56 Å². The number of carbonyl (C=O) groups excluding carboxylic acids is 1. The first-order valence-corrected chi connectivity index (χ1v) is 11.2. The largest absolute Gasteiger partial charge is 0.350 e. The summed E-state index contributed by atoms with van der Waals surface area (Å²) in [6.07, 6.45) is 1.56. The van der Waals surface area contributed by atoms with Gasteiger partial charge in [-0.1, -0.05) is 53.8 Å². The number of carbonyl (C=O) groups is 1. The van der Waals surface area contributed by atoms with Crippen molar-refractivity contribution in [3.8, 4) is 11.4 Å². The molecule has 1 amide bonds. The lowest BCUT2D eigenvalue weighted by Gasteiger charge is -2.23. The standard InChI is InChI=1S/C23H20FN5O2S/c24-16-10-5-4-9-15(16)19-27-21(31)18-22(28-19)32-23(26-18)29-12-6-11-17(29)20(30)25-13-14-7-2-1-3-8-14/h1-5,7-10,17H,6,11-13H2,(H,25,30)(H,27,28,31)/t17-/m1/s1. The summed E-state index contributed by atoms with van der Waals surface area (Å²) in [5.41, 5.74) is 1.02. The zero-order valence-electron chi connectivity index (χ0n) is 17.0. The molecule has 2 N–H and O–H groups in total. The second kappa shape index (κ2) is 8.51. The average Bonchev–Trinajstić information content (AvgIpc) is 3.46. The first kappa shape index (κ1) is 20.3. The lowest BCUT2D eigenvalue weighted by atomic mass is 10.2. The molecule has 1 saturated heterocycles. The van der Waals surface area contributed by atoms with Crippen LogP contribution in [-0.4, -0.2) is 33.4 Å². The van der Waals surface area contributed by atoms with Crippen LogP contribution in [-0.2, 0) is 11.3 Å². The number of aromatic amines is 1. The molecule has 162 valence electrons. The Kier molecular flexibility index (Phi) is 5.40. The minimum atomic E-state index is -0.463. The molecule has 1 aliphatic rings. The van der Waals surface area contributed by atoms with Crippen molar-refractivity contribution in [2.75, 3.05) is 11.4 Å². The van der Waals surface area contributed by atoms with E-state index in [9.17, 15) is 14.0 Å². The van der Waals surface area contributed by atoms with Gasteiger partial charge in [-0.2, -0.15) is 0 Å². The molecule has 1 fully saturated rings. The predicted molar refractivity (Wildman–Crippen MR) is 122 cm³/mol. The van der Waals surface area contributed by atoms with Crippen molar-refractivity contribution in [2.45, 2.75) is 25.4 Å². The van der Waals surface area contributed by atoms with Crippen LogP contribution in [0.4, 0.5) is 9.52 Å². The Morgan fingerprint density at radius 1 is 1.16 bits per heavy atom. The van der Waals surface area contributed by atoms with E-state index >= 15 is 0 Å². The van der Waals surface area contributed by atoms with E-state index in [2.05, 4.69) is 20.3 Å². The van der Waals surface area contributed by atoms with Gasteiger partial charge in [-0.25, -0.2) is 14.4 Å². The lowest BCUT2D eigenvalue weighted by Crippen LogP contribution is -2.43. The van der Waals surface area contributed by atoms with Gasteiger partial charge in [0.25, 0.3) is 5.56 Å². The first-order valence-electron chi connectivity index (χ1n) is 10.3. The van der Waals surface area contributed by atoms with Crippen LogP contribution in [0.1, 0.15) is 18.4 Å². The topological polar surface area (TPSA) is 91.0 Å². The number of amides is 1. The second-order valence-corrected chi connectivity index (χ2v) is 8.56. The number of benzene rings is 2. The fourth-order valence-corrected chi connectivity index (χ4v) is 4.91. The van der Waals surface area contributed by atoms with Crippen molar-refractivity contribution in [1.82, 2.24) is 20.3 Å². The molecule has 2 aromatic carbocycles. The Hall–Kier alpha value is -3.59. The van der Waals surface area contributed by atoms with Crippen LogP contribution in [0.15, 0.2) is 59.4 Å². The summed E-state index contributed by atoms with van der Waals surface area (Å²) in [5, 5.41) is 3.56. The third-order valence-corrected chi connectivity index (χ3v) is 6.48. The van der Waals surface area contributed by atoms with E-state index in [1.165, 1.54) is 17.4 Å². The maximum Gasteiger partial charge on any atom is 0.278 e. The highest BCUT2D eigenvalue weighted by Crippen LogP contribution is 2.32. The van der Waals surface area contributed by atoms with Crippen LogP contribution < -0.4 is 15.8 Å². The molecule has 4 aromatic rings. The third-order valence-electron chi connectivity index (χ3n) is 5.50. The lowest BCUT2D eigenvalue weighted by molar-refractivity contribution is -0.122. The summed E-state index contributed by atoms with van der Waals surface area (Å²) in [7, 11) is 0. The number of H-pyrrole nitrogens is 1. The van der Waals surface area contributed by atoms with Crippen LogP contribution in [0.2, 0.25) is 0 Å². The highest BCUT2D eigenvalue weighted by atomic mass is 32.1. The molecule has 5 rings (SSSR count). The highest BCUT2D eigenvalue weighted by molar-refractivity contribution is 7.21. The van der Waals surface area contributed by atoms with E-state index in [-0.39, 0.29) is 28.9 Å². The Morgan fingerprint density at radius 3 is 2.75 bits per heavy atom. The molecule has 3 heterocycles. The van der Waals surface area contributed by atoms with Crippen molar-refractivity contribution >= 4 is 32.7 Å². The minimum Gasteiger partial charge on any atom is -0.350 e. The Morgan fingerprint density at radius 2 is 1.94 bits per heavy atom. The Balaban J connectivity index is 1.41. The molecule has 0 radical (unpaired) electrons. The molecule has 0 bridgehead atoms. The van der Waals surface area contributed by atoms with Crippen LogP contribution in [0.3, 0.4) is 0 Å². The van der Waals surface area contributed by atoms with Gasteiger partial charge < -0.3 is 15.2 Å². The third kappa shape index (κ3) is 3.87. The number of fused-ring (bicyclic) bond motifs is 1. The van der Waals surface area contributed by atoms with E-state index in [1.807, 2.05) is 35.2 Å². The molecule has 0 unspecified atom stereocenters. The summed E-state index contributed by atoms with van der Waals surface area (Å²) < 4.78 is 14.2. The zero-order valence-corrected chi connectivity index (χ0v) is 17.9. The predicted octanol–water partition coefficient (Wildman–Crippen LogP) is 3.47. The van der Waals surface area contributed by atoms with E-state index in [4.69, 9.17) is 0 Å². The SMILES string of the molecule is O=C(NCc1ccccc1)[C@H]1CCCN1c1nc2c(=O)[nH]c(-c3ccccc3F)nc2s1. The van der Waals surface area contributed by atoms with Crippen LogP contribution in [0, 0.1) is 5.82 Å². The number of thiazole rings is 1. The number of rotatable bonds is 5. The second-order valence-electron chi connectivity index (χ2n) is 7.60. The van der Waals surface area contributed by atoms with E-state index < -0.39 is 11.4 Å². The van der Waals surface area contributed by atoms with E-state index in [1.54, 1.807) is 18.2 Å². The van der Waals surface area contributed by atoms with Crippen molar-refractivity contribution in [3.63, 3.8) is 0 Å². The fourth-order valence-electron chi connectivity index (χ4n) is 3.90.